The predicted octanol–water partition coefficient (Wildman–Crippen LogP) is 3.86. The van der Waals surface area contributed by atoms with Crippen molar-refractivity contribution in [2.24, 2.45) is 11.8 Å². The minimum Gasteiger partial charge on any atom is -0.493 e. The first-order valence-electron chi connectivity index (χ1n) is 7.53. The van der Waals surface area contributed by atoms with E-state index in [9.17, 15) is 4.79 Å². The Labute approximate surface area is 121 Å². The lowest BCUT2D eigenvalue weighted by Crippen LogP contribution is -2.26. The van der Waals surface area contributed by atoms with Crippen molar-refractivity contribution in [2.75, 3.05) is 13.7 Å². The van der Waals surface area contributed by atoms with Crippen molar-refractivity contribution in [1.82, 2.24) is 0 Å². The third-order valence-electron chi connectivity index (χ3n) is 4.24. The molecule has 3 heteroatoms. The summed E-state index contributed by atoms with van der Waals surface area (Å²) in [6.07, 6.45) is 4.84. The molecule has 2 rings (SSSR count). The van der Waals surface area contributed by atoms with Crippen LogP contribution in [-0.2, 0) is 4.79 Å². The molecular weight excluding hydrogens is 252 g/mol. The van der Waals surface area contributed by atoms with Gasteiger partial charge in [-0.25, -0.2) is 0 Å². The molecule has 2 atom stereocenters. The highest BCUT2D eigenvalue weighted by molar-refractivity contribution is 5.81. The monoisotopic (exact) mass is 276 g/mol. The van der Waals surface area contributed by atoms with E-state index in [0.29, 0.717) is 18.3 Å². The Morgan fingerprint density at radius 1 is 1.25 bits per heavy atom. The standard InChI is InChI=1S/C17H24O3/c1-3-13-8-9-15(18)14(12-13)10-11-20-17-7-5-4-6-16(17)19-2/h4-7,13-14H,3,8-12H2,1-2H3. The fourth-order valence-electron chi connectivity index (χ4n) is 2.90. The molecule has 110 valence electrons. The van der Waals surface area contributed by atoms with Gasteiger partial charge < -0.3 is 9.47 Å². The second-order valence-electron chi connectivity index (χ2n) is 5.50. The summed E-state index contributed by atoms with van der Waals surface area (Å²) in [6, 6.07) is 7.63. The number of hydrogen-bond acceptors (Lipinski definition) is 3. The molecule has 1 aliphatic rings. The van der Waals surface area contributed by atoms with Crippen LogP contribution in [0.15, 0.2) is 24.3 Å². The number of hydrogen-bond donors (Lipinski definition) is 0. The van der Waals surface area contributed by atoms with Crippen LogP contribution in [0, 0.1) is 11.8 Å². The summed E-state index contributed by atoms with van der Waals surface area (Å²) in [7, 11) is 1.64. The van der Waals surface area contributed by atoms with E-state index in [2.05, 4.69) is 6.92 Å². The second-order valence-corrected chi connectivity index (χ2v) is 5.50. The van der Waals surface area contributed by atoms with Crippen LogP contribution >= 0.6 is 0 Å². The largest absolute Gasteiger partial charge is 0.493 e. The third-order valence-corrected chi connectivity index (χ3v) is 4.24. The summed E-state index contributed by atoms with van der Waals surface area (Å²) in [5.41, 5.74) is 0. The zero-order valence-electron chi connectivity index (χ0n) is 12.4. The summed E-state index contributed by atoms with van der Waals surface area (Å²) in [4.78, 5) is 11.9. The topological polar surface area (TPSA) is 35.5 Å². The van der Waals surface area contributed by atoms with Gasteiger partial charge in [-0.15, -0.1) is 0 Å². The van der Waals surface area contributed by atoms with Crippen LogP contribution in [0.1, 0.15) is 39.0 Å². The Morgan fingerprint density at radius 3 is 2.70 bits per heavy atom. The van der Waals surface area contributed by atoms with Gasteiger partial charge in [-0.05, 0) is 37.3 Å². The molecule has 0 aliphatic heterocycles. The normalized spacial score (nSPS) is 22.6. The minimum atomic E-state index is 0.184. The van der Waals surface area contributed by atoms with Gasteiger partial charge in [-0.2, -0.15) is 0 Å². The van der Waals surface area contributed by atoms with Gasteiger partial charge in [0.15, 0.2) is 11.5 Å². The van der Waals surface area contributed by atoms with Crippen LogP contribution in [-0.4, -0.2) is 19.5 Å². The van der Waals surface area contributed by atoms with Gasteiger partial charge in [0.05, 0.1) is 13.7 Å². The third kappa shape index (κ3) is 3.75. The molecule has 2 unspecified atom stereocenters. The molecule has 0 spiro atoms. The number of benzene rings is 1. The van der Waals surface area contributed by atoms with Gasteiger partial charge in [0.1, 0.15) is 5.78 Å². The first-order valence-corrected chi connectivity index (χ1v) is 7.53. The maximum atomic E-state index is 11.9. The molecule has 1 fully saturated rings. The second kappa shape index (κ2) is 7.32. The lowest BCUT2D eigenvalue weighted by atomic mass is 9.78. The fourth-order valence-corrected chi connectivity index (χ4v) is 2.90. The predicted molar refractivity (Wildman–Crippen MR) is 79.2 cm³/mol. The summed E-state index contributed by atoms with van der Waals surface area (Å²) in [5, 5.41) is 0. The van der Waals surface area contributed by atoms with Gasteiger partial charge in [0.2, 0.25) is 0 Å². The van der Waals surface area contributed by atoms with E-state index in [1.807, 2.05) is 24.3 Å². The molecule has 0 heterocycles. The Morgan fingerprint density at radius 2 is 2.00 bits per heavy atom. The van der Waals surface area contributed by atoms with Crippen molar-refractivity contribution in [3.8, 4) is 11.5 Å². The van der Waals surface area contributed by atoms with E-state index in [0.717, 1.165) is 37.2 Å². The van der Waals surface area contributed by atoms with Gasteiger partial charge in [-0.3, -0.25) is 4.79 Å². The first-order chi connectivity index (χ1) is 9.74. The molecule has 1 aromatic carbocycles. The number of rotatable bonds is 6. The number of methoxy groups -OCH3 is 1. The summed E-state index contributed by atoms with van der Waals surface area (Å²) in [6.45, 7) is 2.79. The van der Waals surface area contributed by atoms with Crippen molar-refractivity contribution >= 4 is 5.78 Å². The highest BCUT2D eigenvalue weighted by atomic mass is 16.5. The molecule has 1 aromatic rings. The van der Waals surface area contributed by atoms with Crippen molar-refractivity contribution < 1.29 is 14.3 Å². The lowest BCUT2D eigenvalue weighted by Gasteiger charge is -2.27. The molecule has 0 bridgehead atoms. The number of para-hydroxylation sites is 2. The number of carbonyl (C=O) groups is 1. The van der Waals surface area contributed by atoms with Crippen LogP contribution in [0.5, 0.6) is 11.5 Å². The molecule has 20 heavy (non-hydrogen) atoms. The molecule has 0 amide bonds. The Bertz CT molecular complexity index is 442. The number of ketones is 1. The van der Waals surface area contributed by atoms with Crippen LogP contribution in [0.25, 0.3) is 0 Å². The van der Waals surface area contributed by atoms with Gasteiger partial charge in [-0.1, -0.05) is 25.5 Å². The Hall–Kier alpha value is -1.51. The lowest BCUT2D eigenvalue weighted by molar-refractivity contribution is -0.126. The molecular formula is C17H24O3. The molecule has 0 N–H and O–H groups in total. The highest BCUT2D eigenvalue weighted by Gasteiger charge is 2.27. The van der Waals surface area contributed by atoms with E-state index in [-0.39, 0.29) is 5.92 Å². The fraction of sp³-hybridized carbons (Fsp3) is 0.588. The van der Waals surface area contributed by atoms with Gasteiger partial charge in [0, 0.05) is 12.3 Å². The van der Waals surface area contributed by atoms with Crippen LogP contribution < -0.4 is 9.47 Å². The van der Waals surface area contributed by atoms with E-state index in [1.165, 1.54) is 6.42 Å². The average Bonchev–Trinajstić information content (AvgIpc) is 2.49. The Balaban J connectivity index is 1.84. The van der Waals surface area contributed by atoms with Crippen molar-refractivity contribution in [3.05, 3.63) is 24.3 Å². The van der Waals surface area contributed by atoms with Crippen LogP contribution in [0.4, 0.5) is 0 Å². The van der Waals surface area contributed by atoms with Crippen molar-refractivity contribution in [1.29, 1.82) is 0 Å². The number of carbonyl (C=O) groups excluding carboxylic acids is 1. The van der Waals surface area contributed by atoms with Crippen molar-refractivity contribution in [2.45, 2.75) is 39.0 Å². The van der Waals surface area contributed by atoms with E-state index in [1.54, 1.807) is 7.11 Å². The maximum Gasteiger partial charge on any atom is 0.161 e. The zero-order valence-corrected chi connectivity index (χ0v) is 12.4. The minimum absolute atomic E-state index is 0.184. The first kappa shape index (κ1) is 14.9. The smallest absolute Gasteiger partial charge is 0.161 e. The van der Waals surface area contributed by atoms with Crippen LogP contribution in [0.3, 0.4) is 0 Å². The molecule has 0 radical (unpaired) electrons. The molecule has 0 aromatic heterocycles. The van der Waals surface area contributed by atoms with E-state index >= 15 is 0 Å². The quantitative estimate of drug-likeness (QED) is 0.791. The number of Topliss-reactive ketones (excluding diaryl/α,β-unsaturated/α-hetero) is 1. The number of ether oxygens (including phenoxy) is 2. The summed E-state index contributed by atoms with van der Waals surface area (Å²) >= 11 is 0. The van der Waals surface area contributed by atoms with Gasteiger partial charge >= 0.3 is 0 Å². The van der Waals surface area contributed by atoms with Gasteiger partial charge in [0.25, 0.3) is 0 Å². The summed E-state index contributed by atoms with van der Waals surface area (Å²) in [5.74, 6) is 2.81. The molecule has 0 saturated heterocycles. The van der Waals surface area contributed by atoms with Crippen molar-refractivity contribution in [3.63, 3.8) is 0 Å². The maximum absolute atomic E-state index is 11.9. The summed E-state index contributed by atoms with van der Waals surface area (Å²) < 4.78 is 11.0. The SMILES string of the molecule is CCC1CCC(=O)C(CCOc2ccccc2OC)C1. The van der Waals surface area contributed by atoms with E-state index in [4.69, 9.17) is 9.47 Å². The average molecular weight is 276 g/mol. The molecule has 1 saturated carbocycles. The van der Waals surface area contributed by atoms with E-state index < -0.39 is 0 Å². The molecule has 3 nitrogen and oxygen atoms in total. The highest BCUT2D eigenvalue weighted by Crippen LogP contribution is 2.31. The van der Waals surface area contributed by atoms with Crippen LogP contribution in [0.2, 0.25) is 0 Å². The zero-order chi connectivity index (χ0) is 14.4. The molecule has 1 aliphatic carbocycles. The Kier molecular flexibility index (Phi) is 5.45.